The van der Waals surface area contributed by atoms with Crippen LogP contribution in [0, 0.1) is 0 Å². The van der Waals surface area contributed by atoms with E-state index in [0.29, 0.717) is 0 Å². The average Bonchev–Trinajstić information content (AvgIpc) is 1.62. The Labute approximate surface area is 153 Å². The van der Waals surface area contributed by atoms with E-state index in [1.54, 1.807) is 0 Å². The molecule has 0 aliphatic carbocycles. The van der Waals surface area contributed by atoms with Gasteiger partial charge in [-0.3, -0.25) is 0 Å². The summed E-state index contributed by atoms with van der Waals surface area (Å²) in [5.41, 5.74) is 0. The van der Waals surface area contributed by atoms with Crippen LogP contribution in [0.2, 0.25) is 0 Å². The Morgan fingerprint density at radius 2 is 0.269 bits per heavy atom. The molecule has 0 amide bonds. The molecule has 0 heterocycles. The van der Waals surface area contributed by atoms with Crippen molar-refractivity contribution in [3.8, 4) is 0 Å². The summed E-state index contributed by atoms with van der Waals surface area (Å²) in [6.07, 6.45) is 0. The number of hydrogen-bond donors (Lipinski definition) is 0. The fourth-order valence-electron chi connectivity index (χ4n) is 0. The average molecular weight is 476 g/mol. The Hall–Kier alpha value is 0.440. The van der Waals surface area contributed by atoms with Crippen LogP contribution in [0.1, 0.15) is 44.6 Å². The van der Waals surface area contributed by atoms with E-state index in [2.05, 4.69) is 0 Å². The summed E-state index contributed by atoms with van der Waals surface area (Å²) >= 11 is 0. The van der Waals surface area contributed by atoms with Crippen LogP contribution in [0.25, 0.3) is 0 Å². The maximum absolute atomic E-state index is 8.55. The zero-order valence-electron chi connectivity index (χ0n) is 8.32. The molecule has 0 radical (unpaired) electrons. The van der Waals surface area contributed by atoms with Gasteiger partial charge in [0.05, 0.1) is 0 Å². The molecule has 0 aromatic heterocycles. The smallest absolute Gasteiger partial charge is 0.0776 e. The quantitative estimate of drug-likeness (QED) is 0.293. The summed E-state index contributed by atoms with van der Waals surface area (Å²) in [6.45, 7) is 0. The number of phosphoric acid groups is 4. The van der Waals surface area contributed by atoms with E-state index in [9.17, 15) is 0 Å². The third-order valence-electron chi connectivity index (χ3n) is 0. The molecular formula is C6H24O16P4-12. The van der Waals surface area contributed by atoms with Crippen molar-refractivity contribution in [2.24, 2.45) is 0 Å². The second-order valence-electron chi connectivity index (χ2n) is 1.79. The fourth-order valence-corrected chi connectivity index (χ4v) is 0. The highest BCUT2D eigenvalue weighted by molar-refractivity contribution is 7.41. The highest BCUT2D eigenvalue weighted by atomic mass is 31.2. The van der Waals surface area contributed by atoms with Crippen molar-refractivity contribution >= 4 is 31.3 Å². The molecule has 26 heavy (non-hydrogen) atoms. The molecule has 0 aliphatic rings. The second-order valence-corrected chi connectivity index (χ2v) is 5.37. The van der Waals surface area contributed by atoms with E-state index >= 15 is 0 Å². The Kier molecular flexibility index (Phi) is 61.9. The molecule has 0 bridgehead atoms. The van der Waals surface area contributed by atoms with Crippen LogP contribution in [0.15, 0.2) is 0 Å². The van der Waals surface area contributed by atoms with Gasteiger partial charge in [0, 0.05) is 0 Å². The molecule has 0 unspecified atom stereocenters. The van der Waals surface area contributed by atoms with E-state index < -0.39 is 31.3 Å². The molecular weight excluding hydrogens is 452 g/mol. The van der Waals surface area contributed by atoms with Crippen molar-refractivity contribution in [2.75, 3.05) is 0 Å². The molecule has 0 atom stereocenters. The standard InChI is InChI=1S/6CH4.4H3O4P/c;;;;;;4*1-5(2,3)4/h6*1H4;4*(H3,1,2,3,4)/p-12. The van der Waals surface area contributed by atoms with Gasteiger partial charge in [-0.05, 0) is 0 Å². The van der Waals surface area contributed by atoms with E-state index in [-0.39, 0.29) is 44.6 Å². The maximum Gasteiger partial charge on any atom is -0.0776 e. The van der Waals surface area contributed by atoms with Gasteiger partial charge >= 0.3 is 0 Å². The first kappa shape index (κ1) is 63.3. The summed E-state index contributed by atoms with van der Waals surface area (Å²) in [4.78, 5) is 103. The molecule has 0 aromatic rings. The molecule has 0 spiro atoms. The van der Waals surface area contributed by atoms with Crippen LogP contribution >= 0.6 is 31.3 Å². The van der Waals surface area contributed by atoms with Crippen LogP contribution in [0.4, 0.5) is 0 Å². The first-order valence-electron chi connectivity index (χ1n) is 2.92. The van der Waals surface area contributed by atoms with Gasteiger partial charge in [-0.15, -0.1) is 0 Å². The predicted molar refractivity (Wildman–Crippen MR) is 70.8 cm³/mol. The van der Waals surface area contributed by atoms with E-state index in [0.717, 1.165) is 0 Å². The van der Waals surface area contributed by atoms with Crippen LogP contribution in [-0.4, -0.2) is 0 Å². The van der Waals surface area contributed by atoms with Gasteiger partial charge in [0.1, 0.15) is 0 Å². The lowest BCUT2D eigenvalue weighted by molar-refractivity contribution is -0.434. The van der Waals surface area contributed by atoms with E-state index in [1.165, 1.54) is 0 Å². The van der Waals surface area contributed by atoms with Gasteiger partial charge < -0.3 is 77.0 Å². The molecule has 0 aromatic carbocycles. The largest absolute Gasteiger partial charge is 0.822 e. The van der Waals surface area contributed by atoms with Crippen molar-refractivity contribution < 1.29 is 77.0 Å². The van der Waals surface area contributed by atoms with Gasteiger partial charge in [0.25, 0.3) is 0 Å². The van der Waals surface area contributed by atoms with Crippen LogP contribution in [0.3, 0.4) is 0 Å². The molecule has 0 fully saturated rings. The second kappa shape index (κ2) is 25.4. The van der Waals surface area contributed by atoms with Gasteiger partial charge in [-0.2, -0.15) is 31.3 Å². The van der Waals surface area contributed by atoms with Gasteiger partial charge in [0.15, 0.2) is 0 Å². The Morgan fingerprint density at radius 3 is 0.269 bits per heavy atom. The summed E-state index contributed by atoms with van der Waals surface area (Å²) in [7, 11) is -21.6. The first-order chi connectivity index (χ1) is 8.00. The fraction of sp³-hybridized carbons (Fsp3) is 1.00. The molecule has 0 rings (SSSR count). The predicted octanol–water partition coefficient (Wildman–Crippen LogP) is -7.48. The highest BCUT2D eigenvalue weighted by Crippen LogP contribution is 2.04. The molecule has 0 N–H and O–H groups in total. The maximum atomic E-state index is 8.55. The molecule has 16 nitrogen and oxygen atoms in total. The Morgan fingerprint density at radius 1 is 0.269 bits per heavy atom. The Bertz CT molecular complexity index is 299. The highest BCUT2D eigenvalue weighted by Gasteiger charge is 1.46. The number of hydrogen-bond acceptors (Lipinski definition) is 16. The number of rotatable bonds is 0. The van der Waals surface area contributed by atoms with Gasteiger partial charge in [0.2, 0.25) is 0 Å². The lowest BCUT2D eigenvalue weighted by Gasteiger charge is -2.36. The zero-order chi connectivity index (χ0) is 18.0. The molecule has 0 saturated carbocycles. The summed E-state index contributed by atoms with van der Waals surface area (Å²) < 4.78 is 34.2. The van der Waals surface area contributed by atoms with Crippen molar-refractivity contribution in [2.45, 2.75) is 44.6 Å². The normalized spacial score (nSPS) is 9.08. The minimum atomic E-state index is -5.39. The Balaban J connectivity index is -0.0000000152. The van der Waals surface area contributed by atoms with Crippen molar-refractivity contribution in [1.29, 1.82) is 0 Å². The summed E-state index contributed by atoms with van der Waals surface area (Å²) in [5.74, 6) is 0. The minimum Gasteiger partial charge on any atom is -0.822 e. The van der Waals surface area contributed by atoms with Crippen molar-refractivity contribution in [3.63, 3.8) is 0 Å². The van der Waals surface area contributed by atoms with Gasteiger partial charge in [-0.25, -0.2) is 0 Å². The lowest BCUT2D eigenvalue weighted by atomic mass is 12.0. The van der Waals surface area contributed by atoms with Crippen molar-refractivity contribution in [3.05, 3.63) is 0 Å². The molecule has 20 heteroatoms. The van der Waals surface area contributed by atoms with Crippen LogP contribution in [0.5, 0.6) is 0 Å². The third kappa shape index (κ3) is 69400. The first-order valence-corrected chi connectivity index (χ1v) is 8.76. The minimum absolute atomic E-state index is 0. The lowest BCUT2D eigenvalue weighted by Crippen LogP contribution is -2.24. The third-order valence-corrected chi connectivity index (χ3v) is 0. The molecule has 0 saturated heterocycles. The monoisotopic (exact) mass is 476 g/mol. The topological polar surface area (TPSA) is 345 Å². The molecule has 176 valence electrons. The zero-order valence-corrected chi connectivity index (χ0v) is 11.9. The van der Waals surface area contributed by atoms with E-state index in [4.69, 9.17) is 77.0 Å². The van der Waals surface area contributed by atoms with Crippen molar-refractivity contribution in [1.82, 2.24) is 0 Å². The van der Waals surface area contributed by atoms with Gasteiger partial charge in [-0.1, -0.05) is 44.6 Å². The van der Waals surface area contributed by atoms with E-state index in [1.807, 2.05) is 0 Å². The molecule has 0 aliphatic heterocycles. The van der Waals surface area contributed by atoms with Crippen LogP contribution < -0.4 is 58.7 Å². The summed E-state index contributed by atoms with van der Waals surface area (Å²) in [5, 5.41) is 0. The summed E-state index contributed by atoms with van der Waals surface area (Å²) in [6, 6.07) is 0. The SMILES string of the molecule is C.C.C.C.C.C.O=P([O-])([O-])[O-].O=P([O-])([O-])[O-].O=P([O-])([O-])[O-].O=P([O-])([O-])[O-]. The van der Waals surface area contributed by atoms with Crippen LogP contribution in [-0.2, 0) is 18.3 Å².